The Hall–Kier alpha value is -1.55. The molecule has 19 heavy (non-hydrogen) atoms. The summed E-state index contributed by atoms with van der Waals surface area (Å²) in [6.45, 7) is 8.47. The molecular formula is C15H24N4. The van der Waals surface area contributed by atoms with Crippen molar-refractivity contribution in [1.29, 1.82) is 0 Å². The van der Waals surface area contributed by atoms with Crippen molar-refractivity contribution in [2.45, 2.75) is 39.9 Å². The van der Waals surface area contributed by atoms with Crippen LogP contribution in [0.3, 0.4) is 0 Å². The average molecular weight is 260 g/mol. The highest BCUT2D eigenvalue weighted by atomic mass is 15.1. The molecule has 0 radical (unpaired) electrons. The van der Waals surface area contributed by atoms with Gasteiger partial charge in [-0.1, -0.05) is 13.8 Å². The number of hydrogen-bond acceptors (Lipinski definition) is 2. The van der Waals surface area contributed by atoms with E-state index in [2.05, 4.69) is 58.7 Å². The molecule has 4 heteroatoms. The Morgan fingerprint density at radius 2 is 2.16 bits per heavy atom. The summed E-state index contributed by atoms with van der Waals surface area (Å²) in [6.07, 6.45) is 8.22. The third-order valence-electron chi connectivity index (χ3n) is 3.59. The Labute approximate surface area is 115 Å². The molecule has 0 amide bonds. The lowest BCUT2D eigenvalue weighted by Crippen LogP contribution is -2.21. The maximum atomic E-state index is 4.21. The van der Waals surface area contributed by atoms with Crippen LogP contribution in [0.2, 0.25) is 0 Å². The Morgan fingerprint density at radius 3 is 2.79 bits per heavy atom. The molecule has 4 nitrogen and oxygen atoms in total. The van der Waals surface area contributed by atoms with Crippen LogP contribution in [0.5, 0.6) is 0 Å². The third-order valence-corrected chi connectivity index (χ3v) is 3.59. The summed E-state index contributed by atoms with van der Waals surface area (Å²) in [4.78, 5) is 4.21. The summed E-state index contributed by atoms with van der Waals surface area (Å²) in [5.74, 6) is 0.585. The van der Waals surface area contributed by atoms with Gasteiger partial charge in [-0.05, 0) is 31.5 Å². The van der Waals surface area contributed by atoms with Crippen molar-refractivity contribution in [3.63, 3.8) is 0 Å². The number of aromatic nitrogens is 3. The molecule has 0 saturated heterocycles. The minimum absolute atomic E-state index is 0.414. The molecule has 0 saturated carbocycles. The lowest BCUT2D eigenvalue weighted by Gasteiger charge is -2.18. The van der Waals surface area contributed by atoms with Crippen LogP contribution in [0.25, 0.3) is 0 Å². The zero-order chi connectivity index (χ0) is 13.8. The molecule has 0 aromatic carbocycles. The number of nitrogens with one attached hydrogen (secondary N) is 1. The predicted molar refractivity (Wildman–Crippen MR) is 78.1 cm³/mol. The summed E-state index contributed by atoms with van der Waals surface area (Å²) in [5, 5.41) is 3.38. The van der Waals surface area contributed by atoms with Crippen molar-refractivity contribution in [2.24, 2.45) is 5.92 Å². The summed E-state index contributed by atoms with van der Waals surface area (Å²) in [6, 6.07) is 2.62. The average Bonchev–Trinajstić information content (AvgIpc) is 3.00. The number of aryl methyl sites for hydroxylation is 1. The highest BCUT2D eigenvalue weighted by Crippen LogP contribution is 2.21. The molecule has 2 aromatic rings. The van der Waals surface area contributed by atoms with E-state index in [0.29, 0.717) is 12.0 Å². The molecule has 0 aliphatic heterocycles. The van der Waals surface area contributed by atoms with Crippen molar-refractivity contribution < 1.29 is 0 Å². The lowest BCUT2D eigenvalue weighted by molar-refractivity contribution is 0.442. The molecule has 1 N–H and O–H groups in total. The monoisotopic (exact) mass is 260 g/mol. The number of imidazole rings is 1. The summed E-state index contributed by atoms with van der Waals surface area (Å²) in [7, 11) is 2.02. The van der Waals surface area contributed by atoms with E-state index in [9.17, 15) is 0 Å². The minimum Gasteiger partial charge on any atom is -0.348 e. The van der Waals surface area contributed by atoms with E-state index < -0.39 is 0 Å². The van der Waals surface area contributed by atoms with E-state index in [0.717, 1.165) is 13.1 Å². The van der Waals surface area contributed by atoms with Crippen molar-refractivity contribution in [3.8, 4) is 0 Å². The zero-order valence-corrected chi connectivity index (χ0v) is 12.3. The topological polar surface area (TPSA) is 34.8 Å². The van der Waals surface area contributed by atoms with Crippen LogP contribution >= 0.6 is 0 Å². The van der Waals surface area contributed by atoms with Gasteiger partial charge in [-0.15, -0.1) is 0 Å². The van der Waals surface area contributed by atoms with Crippen LogP contribution in [-0.2, 0) is 13.1 Å². The van der Waals surface area contributed by atoms with Gasteiger partial charge in [0.05, 0.1) is 18.6 Å². The van der Waals surface area contributed by atoms with Gasteiger partial charge in [0.15, 0.2) is 0 Å². The third kappa shape index (κ3) is 3.07. The van der Waals surface area contributed by atoms with E-state index in [4.69, 9.17) is 0 Å². The Bertz CT molecular complexity index is 510. The molecule has 0 aliphatic rings. The highest BCUT2D eigenvalue weighted by molar-refractivity contribution is 5.17. The molecule has 2 aromatic heterocycles. The van der Waals surface area contributed by atoms with Crippen LogP contribution in [0.1, 0.15) is 38.1 Å². The van der Waals surface area contributed by atoms with Gasteiger partial charge in [0.25, 0.3) is 0 Å². The maximum absolute atomic E-state index is 4.21. The van der Waals surface area contributed by atoms with Gasteiger partial charge in [-0.3, -0.25) is 0 Å². The van der Waals surface area contributed by atoms with E-state index in [1.165, 1.54) is 11.3 Å². The molecule has 1 unspecified atom stereocenters. The fourth-order valence-corrected chi connectivity index (χ4v) is 2.58. The number of nitrogens with zero attached hydrogens (tertiary/aromatic N) is 3. The molecule has 0 bridgehead atoms. The van der Waals surface area contributed by atoms with E-state index in [-0.39, 0.29) is 0 Å². The summed E-state index contributed by atoms with van der Waals surface area (Å²) >= 11 is 0. The Balaban J connectivity index is 2.13. The maximum Gasteiger partial charge on any atom is 0.0948 e. The Morgan fingerprint density at radius 1 is 1.37 bits per heavy atom. The SMILES string of the molecule is CCn1cncc1Cn1ccc(C(NC)C(C)C)c1. The van der Waals surface area contributed by atoms with Gasteiger partial charge >= 0.3 is 0 Å². The fourth-order valence-electron chi connectivity index (χ4n) is 2.58. The van der Waals surface area contributed by atoms with Crippen LogP contribution in [0, 0.1) is 5.92 Å². The first kappa shape index (κ1) is 13.9. The zero-order valence-electron chi connectivity index (χ0n) is 12.3. The van der Waals surface area contributed by atoms with Gasteiger partial charge in [0.2, 0.25) is 0 Å². The fraction of sp³-hybridized carbons (Fsp3) is 0.533. The van der Waals surface area contributed by atoms with Crippen LogP contribution in [0.4, 0.5) is 0 Å². The van der Waals surface area contributed by atoms with Crippen molar-refractivity contribution in [2.75, 3.05) is 7.05 Å². The van der Waals surface area contributed by atoms with Gasteiger partial charge in [0, 0.05) is 31.2 Å². The molecular weight excluding hydrogens is 236 g/mol. The summed E-state index contributed by atoms with van der Waals surface area (Å²) < 4.78 is 4.41. The van der Waals surface area contributed by atoms with Gasteiger partial charge in [0.1, 0.15) is 0 Å². The first-order chi connectivity index (χ1) is 9.15. The standard InChI is InChI=1S/C15H24N4/c1-5-19-11-17-8-14(19)10-18-7-6-13(9-18)15(16-4)12(2)3/h6-9,11-12,15-16H,5,10H2,1-4H3. The summed E-state index contributed by atoms with van der Waals surface area (Å²) in [5.41, 5.74) is 2.59. The van der Waals surface area contributed by atoms with Gasteiger partial charge in [-0.2, -0.15) is 0 Å². The van der Waals surface area contributed by atoms with Crippen molar-refractivity contribution in [3.05, 3.63) is 42.2 Å². The second-order valence-corrected chi connectivity index (χ2v) is 5.30. The second kappa shape index (κ2) is 6.06. The van der Waals surface area contributed by atoms with Crippen molar-refractivity contribution >= 4 is 0 Å². The quantitative estimate of drug-likeness (QED) is 0.866. The molecule has 0 aliphatic carbocycles. The van der Waals surface area contributed by atoms with Crippen LogP contribution < -0.4 is 5.32 Å². The van der Waals surface area contributed by atoms with E-state index >= 15 is 0 Å². The largest absolute Gasteiger partial charge is 0.348 e. The van der Waals surface area contributed by atoms with E-state index in [1.54, 1.807) is 0 Å². The first-order valence-corrected chi connectivity index (χ1v) is 6.97. The van der Waals surface area contributed by atoms with Crippen molar-refractivity contribution in [1.82, 2.24) is 19.4 Å². The minimum atomic E-state index is 0.414. The predicted octanol–water partition coefficient (Wildman–Crippen LogP) is 2.67. The highest BCUT2D eigenvalue weighted by Gasteiger charge is 2.14. The second-order valence-electron chi connectivity index (χ2n) is 5.30. The molecule has 0 spiro atoms. The van der Waals surface area contributed by atoms with E-state index in [1.807, 2.05) is 19.6 Å². The lowest BCUT2D eigenvalue weighted by atomic mass is 9.99. The van der Waals surface area contributed by atoms with Crippen LogP contribution in [0.15, 0.2) is 31.0 Å². The number of hydrogen-bond donors (Lipinski definition) is 1. The van der Waals surface area contributed by atoms with Crippen LogP contribution in [-0.4, -0.2) is 21.2 Å². The van der Waals surface area contributed by atoms with Gasteiger partial charge < -0.3 is 14.5 Å². The number of rotatable bonds is 6. The molecule has 104 valence electrons. The first-order valence-electron chi connectivity index (χ1n) is 6.97. The molecule has 2 rings (SSSR count). The normalized spacial score (nSPS) is 13.1. The molecule has 1 atom stereocenters. The van der Waals surface area contributed by atoms with Gasteiger partial charge in [-0.25, -0.2) is 4.98 Å². The smallest absolute Gasteiger partial charge is 0.0948 e. The Kier molecular flexibility index (Phi) is 4.43. The molecule has 2 heterocycles. The molecule has 0 fully saturated rings.